The molecule has 0 bridgehead atoms. The predicted octanol–water partition coefficient (Wildman–Crippen LogP) is 2.55. The van der Waals surface area contributed by atoms with E-state index in [4.69, 9.17) is 4.74 Å². The monoisotopic (exact) mass is 301 g/mol. The van der Waals surface area contributed by atoms with Gasteiger partial charge in [-0.15, -0.1) is 0 Å². The molecule has 1 saturated heterocycles. The molecule has 4 nitrogen and oxygen atoms in total. The predicted molar refractivity (Wildman–Crippen MR) is 84.7 cm³/mol. The largest absolute Gasteiger partial charge is 0.495 e. The molecule has 5 heteroatoms. The first-order chi connectivity index (χ1) is 10.8. The van der Waals surface area contributed by atoms with Crippen molar-refractivity contribution in [3.8, 4) is 5.75 Å². The lowest BCUT2D eigenvalue weighted by atomic mass is 10.2. The molecule has 1 aromatic heterocycles. The van der Waals surface area contributed by atoms with Crippen LogP contribution in [0.3, 0.4) is 0 Å². The summed E-state index contributed by atoms with van der Waals surface area (Å²) in [5.74, 6) is 0.635. The van der Waals surface area contributed by atoms with Crippen LogP contribution in [0.2, 0.25) is 0 Å². The van der Waals surface area contributed by atoms with Gasteiger partial charge >= 0.3 is 0 Å². The summed E-state index contributed by atoms with van der Waals surface area (Å²) in [6.45, 7) is 4.49. The van der Waals surface area contributed by atoms with E-state index in [0.29, 0.717) is 0 Å². The highest BCUT2D eigenvalue weighted by molar-refractivity contribution is 5.58. The molecule has 1 fully saturated rings. The Morgan fingerprint density at radius 1 is 1.14 bits per heavy atom. The van der Waals surface area contributed by atoms with Crippen LogP contribution in [0.15, 0.2) is 42.7 Å². The van der Waals surface area contributed by atoms with Crippen LogP contribution in [-0.2, 0) is 6.54 Å². The van der Waals surface area contributed by atoms with Gasteiger partial charge in [0.15, 0.2) is 0 Å². The molecule has 1 aliphatic rings. The Labute approximate surface area is 130 Å². The number of hydrogen-bond acceptors (Lipinski definition) is 4. The molecule has 22 heavy (non-hydrogen) atoms. The van der Waals surface area contributed by atoms with Crippen LogP contribution >= 0.6 is 0 Å². The summed E-state index contributed by atoms with van der Waals surface area (Å²) in [6.07, 6.45) is 2.97. The third-order valence-electron chi connectivity index (χ3n) is 3.97. The summed E-state index contributed by atoms with van der Waals surface area (Å²) >= 11 is 0. The average molecular weight is 301 g/mol. The van der Waals surface area contributed by atoms with Gasteiger partial charge in [0, 0.05) is 38.9 Å². The number of anilines is 1. The van der Waals surface area contributed by atoms with E-state index in [-0.39, 0.29) is 5.82 Å². The molecule has 0 radical (unpaired) electrons. The van der Waals surface area contributed by atoms with E-state index in [1.807, 2.05) is 18.2 Å². The molecule has 0 unspecified atom stereocenters. The molecule has 0 N–H and O–H groups in total. The van der Waals surface area contributed by atoms with Crippen LogP contribution in [0.25, 0.3) is 0 Å². The quantitative estimate of drug-likeness (QED) is 0.868. The van der Waals surface area contributed by atoms with Crippen LogP contribution < -0.4 is 9.64 Å². The lowest BCUT2D eigenvalue weighted by molar-refractivity contribution is 0.248. The lowest BCUT2D eigenvalue weighted by Crippen LogP contribution is -2.46. The van der Waals surface area contributed by atoms with Crippen LogP contribution in [-0.4, -0.2) is 43.2 Å². The Morgan fingerprint density at radius 2 is 1.91 bits per heavy atom. The van der Waals surface area contributed by atoms with Crippen LogP contribution in [0.4, 0.5) is 10.1 Å². The van der Waals surface area contributed by atoms with Gasteiger partial charge in [-0.25, -0.2) is 4.39 Å². The normalized spacial score (nSPS) is 15.8. The summed E-state index contributed by atoms with van der Waals surface area (Å²) in [7, 11) is 1.70. The van der Waals surface area contributed by atoms with Gasteiger partial charge in [0.25, 0.3) is 0 Å². The van der Waals surface area contributed by atoms with Crippen molar-refractivity contribution < 1.29 is 9.13 Å². The zero-order valence-corrected chi connectivity index (χ0v) is 12.7. The van der Waals surface area contributed by atoms with Gasteiger partial charge in [0.2, 0.25) is 0 Å². The summed E-state index contributed by atoms with van der Waals surface area (Å²) in [5.41, 5.74) is 2.06. The van der Waals surface area contributed by atoms with Gasteiger partial charge in [0.05, 0.1) is 19.0 Å². The molecule has 2 heterocycles. The Kier molecular flexibility index (Phi) is 4.53. The summed E-state index contributed by atoms with van der Waals surface area (Å²) in [6, 6.07) is 9.64. The number of benzene rings is 1. The number of pyridine rings is 1. The molecule has 0 amide bonds. The second-order valence-corrected chi connectivity index (χ2v) is 5.45. The third kappa shape index (κ3) is 3.36. The second-order valence-electron chi connectivity index (χ2n) is 5.45. The highest BCUT2D eigenvalue weighted by Gasteiger charge is 2.19. The molecule has 116 valence electrons. The number of nitrogens with zero attached hydrogens (tertiary/aromatic N) is 3. The fourth-order valence-electron chi connectivity index (χ4n) is 2.84. The Balaban J connectivity index is 1.60. The average Bonchev–Trinajstić information content (AvgIpc) is 2.56. The van der Waals surface area contributed by atoms with Crippen molar-refractivity contribution in [2.24, 2.45) is 0 Å². The molecule has 0 spiro atoms. The molecular formula is C17H20FN3O. The van der Waals surface area contributed by atoms with E-state index in [1.165, 1.54) is 6.20 Å². The van der Waals surface area contributed by atoms with Crippen LogP contribution in [0.5, 0.6) is 5.75 Å². The van der Waals surface area contributed by atoms with E-state index in [2.05, 4.69) is 20.9 Å². The smallest absolute Gasteiger partial charge is 0.142 e. The van der Waals surface area contributed by atoms with Crippen molar-refractivity contribution >= 4 is 5.69 Å². The van der Waals surface area contributed by atoms with Crippen molar-refractivity contribution in [1.29, 1.82) is 0 Å². The first-order valence-corrected chi connectivity index (χ1v) is 7.46. The number of hydrogen-bond donors (Lipinski definition) is 0. The number of halogens is 1. The van der Waals surface area contributed by atoms with Crippen molar-refractivity contribution in [1.82, 2.24) is 9.88 Å². The zero-order chi connectivity index (χ0) is 15.4. The maximum absolute atomic E-state index is 13.2. The molecule has 2 aromatic rings. The molecule has 1 aromatic carbocycles. The highest BCUT2D eigenvalue weighted by Crippen LogP contribution is 2.28. The van der Waals surface area contributed by atoms with Gasteiger partial charge in [-0.2, -0.15) is 0 Å². The minimum Gasteiger partial charge on any atom is -0.495 e. The molecule has 0 saturated carbocycles. The third-order valence-corrected chi connectivity index (χ3v) is 3.97. The minimum absolute atomic E-state index is 0.273. The van der Waals surface area contributed by atoms with Gasteiger partial charge < -0.3 is 9.64 Å². The van der Waals surface area contributed by atoms with Gasteiger partial charge in [0.1, 0.15) is 11.6 Å². The number of ether oxygens (including phenoxy) is 1. The van der Waals surface area contributed by atoms with E-state index >= 15 is 0 Å². The second kappa shape index (κ2) is 6.75. The number of aromatic nitrogens is 1. The van der Waals surface area contributed by atoms with Crippen molar-refractivity contribution in [2.45, 2.75) is 6.54 Å². The molecule has 0 aliphatic carbocycles. The van der Waals surface area contributed by atoms with Gasteiger partial charge in [-0.3, -0.25) is 9.88 Å². The Morgan fingerprint density at radius 3 is 2.64 bits per heavy atom. The first-order valence-electron chi connectivity index (χ1n) is 7.46. The van der Waals surface area contributed by atoms with E-state index in [0.717, 1.165) is 49.7 Å². The number of rotatable bonds is 4. The number of methoxy groups -OCH3 is 1. The van der Waals surface area contributed by atoms with Gasteiger partial charge in [-0.1, -0.05) is 12.1 Å². The van der Waals surface area contributed by atoms with Crippen molar-refractivity contribution in [2.75, 3.05) is 38.2 Å². The zero-order valence-electron chi connectivity index (χ0n) is 12.7. The Hall–Kier alpha value is -2.14. The summed E-state index contributed by atoms with van der Waals surface area (Å²) in [5, 5.41) is 0. The van der Waals surface area contributed by atoms with E-state index in [1.54, 1.807) is 19.4 Å². The maximum atomic E-state index is 13.2. The highest BCUT2D eigenvalue weighted by atomic mass is 19.1. The van der Waals surface area contributed by atoms with Crippen LogP contribution in [0, 0.1) is 5.82 Å². The minimum atomic E-state index is -0.273. The fraction of sp³-hybridized carbons (Fsp3) is 0.353. The standard InChI is InChI=1S/C17H20FN3O/c1-22-17-5-3-2-4-16(17)21-8-6-20(7-9-21)13-14-10-15(18)12-19-11-14/h2-5,10-12H,6-9,13H2,1H3. The summed E-state index contributed by atoms with van der Waals surface area (Å²) < 4.78 is 18.6. The molecular weight excluding hydrogens is 281 g/mol. The summed E-state index contributed by atoms with van der Waals surface area (Å²) in [4.78, 5) is 8.56. The van der Waals surface area contributed by atoms with E-state index < -0.39 is 0 Å². The fourth-order valence-corrected chi connectivity index (χ4v) is 2.84. The SMILES string of the molecule is COc1ccccc1N1CCN(Cc2cncc(F)c2)CC1. The number of piperazine rings is 1. The first kappa shape index (κ1) is 14.8. The molecule has 1 aliphatic heterocycles. The molecule has 0 atom stereocenters. The van der Waals surface area contributed by atoms with Crippen molar-refractivity contribution in [3.63, 3.8) is 0 Å². The maximum Gasteiger partial charge on any atom is 0.142 e. The lowest BCUT2D eigenvalue weighted by Gasteiger charge is -2.36. The number of para-hydroxylation sites is 2. The Bertz CT molecular complexity index is 627. The topological polar surface area (TPSA) is 28.6 Å². The van der Waals surface area contributed by atoms with Gasteiger partial charge in [-0.05, 0) is 23.8 Å². The van der Waals surface area contributed by atoms with Crippen molar-refractivity contribution in [3.05, 3.63) is 54.1 Å². The van der Waals surface area contributed by atoms with Crippen LogP contribution in [0.1, 0.15) is 5.56 Å². The molecule has 3 rings (SSSR count). The van der Waals surface area contributed by atoms with E-state index in [9.17, 15) is 4.39 Å².